The number of nitrogens with one attached hydrogen (secondary N) is 2. The number of hydrogen-bond donors (Lipinski definition) is 3. The third-order valence-corrected chi connectivity index (χ3v) is 6.56. The Bertz CT molecular complexity index is 1640. The van der Waals surface area contributed by atoms with Gasteiger partial charge in [0, 0.05) is 17.8 Å². The fraction of sp³-hybridized carbons (Fsp3) is 0. The van der Waals surface area contributed by atoms with Crippen LogP contribution in [0.1, 0.15) is 0 Å². The molecule has 0 radical (unpaired) electrons. The number of para-hydroxylation sites is 2. The Morgan fingerprint density at radius 2 is 1.55 bits per heavy atom. The van der Waals surface area contributed by atoms with E-state index in [1.54, 1.807) is 42.5 Å². The molecule has 3 N–H and O–H groups in total. The van der Waals surface area contributed by atoms with Gasteiger partial charge in [0.05, 0.1) is 32.6 Å². The zero-order valence-electron chi connectivity index (χ0n) is 16.6. The van der Waals surface area contributed by atoms with E-state index in [1.807, 2.05) is 0 Å². The molecule has 0 unspecified atom stereocenters. The number of hydrogen-bond acceptors (Lipinski definition) is 9. The van der Waals surface area contributed by atoms with Crippen molar-refractivity contribution in [2.24, 2.45) is 0 Å². The van der Waals surface area contributed by atoms with Gasteiger partial charge in [-0.05, 0) is 36.4 Å². The second-order valence-electron chi connectivity index (χ2n) is 6.88. The number of fused-ring (bicyclic) bond motifs is 2. The van der Waals surface area contributed by atoms with E-state index in [1.165, 1.54) is 18.2 Å². The first-order valence-corrected chi connectivity index (χ1v) is 11.7. The van der Waals surface area contributed by atoms with E-state index in [0.29, 0.717) is 22.2 Å². The van der Waals surface area contributed by atoms with Crippen LogP contribution in [0.2, 0.25) is 0 Å². The van der Waals surface area contributed by atoms with Crippen molar-refractivity contribution in [2.75, 3.05) is 10.0 Å². The number of benzene rings is 3. The minimum absolute atomic E-state index is 0.0430. The molecule has 5 aromatic rings. The van der Waals surface area contributed by atoms with Crippen LogP contribution in [-0.2, 0) is 10.0 Å². The molecule has 3 aromatic carbocycles. The summed E-state index contributed by atoms with van der Waals surface area (Å²) in [5.41, 5.74) is 2.85. The zero-order valence-corrected chi connectivity index (χ0v) is 18.2. The van der Waals surface area contributed by atoms with Crippen LogP contribution in [0.3, 0.4) is 0 Å². The molecule has 2 heterocycles. The standard InChI is InChI=1S/C20H14N7O4S2/c28-27(29)13-4-3-5-14(11-13)33(30,31)26-20-19(22-15-6-1-2-7-16(15)23-20)21-12-8-9-17-18(10-12)25-32-24-17/h1-11H,(H,21,22)(H,23,26)(H,28,29)/q+1. The van der Waals surface area contributed by atoms with Crippen LogP contribution in [0.4, 0.5) is 23.0 Å². The lowest BCUT2D eigenvalue weighted by atomic mass is 10.2. The normalized spacial score (nSPS) is 11.5. The maximum Gasteiger partial charge on any atom is 0.317 e. The van der Waals surface area contributed by atoms with Crippen LogP contribution in [0.15, 0.2) is 71.6 Å². The molecule has 0 saturated heterocycles. The van der Waals surface area contributed by atoms with Crippen molar-refractivity contribution >= 4 is 66.8 Å². The predicted octanol–water partition coefficient (Wildman–Crippen LogP) is 3.98. The molecule has 13 heteroatoms. The summed E-state index contributed by atoms with van der Waals surface area (Å²) in [7, 11) is -4.17. The van der Waals surface area contributed by atoms with Gasteiger partial charge in [-0.3, -0.25) is 4.72 Å². The Labute approximate surface area is 190 Å². The Morgan fingerprint density at radius 3 is 2.30 bits per heavy atom. The molecular formula is C20H14N7O4S2+. The topological polar surface area (TPSA) is 150 Å². The SMILES string of the molecule is O=[N+](O)c1cccc(S(=O)(=O)Nc2nc3ccccc3nc2Nc2ccc3nsnc3c2)c1. The summed E-state index contributed by atoms with van der Waals surface area (Å²) in [5, 5.41) is 12.2. The van der Waals surface area contributed by atoms with Crippen LogP contribution in [0, 0.1) is 4.91 Å². The second-order valence-corrected chi connectivity index (χ2v) is 9.09. The predicted molar refractivity (Wildman–Crippen MR) is 123 cm³/mol. The first-order valence-electron chi connectivity index (χ1n) is 9.44. The van der Waals surface area contributed by atoms with Gasteiger partial charge in [-0.1, -0.05) is 18.2 Å². The molecule has 0 aliphatic carbocycles. The highest BCUT2D eigenvalue weighted by Crippen LogP contribution is 2.29. The summed E-state index contributed by atoms with van der Waals surface area (Å²) < 4.78 is 36.9. The summed E-state index contributed by atoms with van der Waals surface area (Å²) in [6.07, 6.45) is 0. The minimum atomic E-state index is -4.17. The summed E-state index contributed by atoms with van der Waals surface area (Å²) in [4.78, 5) is 19.5. The molecule has 0 aliphatic heterocycles. The maximum atomic E-state index is 13.0. The van der Waals surface area contributed by atoms with E-state index in [-0.39, 0.29) is 22.2 Å². The quantitative estimate of drug-likeness (QED) is 0.307. The Hall–Kier alpha value is -4.23. The Kier molecular flexibility index (Phi) is 5.03. The molecule has 11 nitrogen and oxygen atoms in total. The number of sulfonamides is 1. The van der Waals surface area contributed by atoms with Gasteiger partial charge < -0.3 is 5.32 Å². The van der Waals surface area contributed by atoms with Gasteiger partial charge in [0.15, 0.2) is 11.6 Å². The highest BCUT2D eigenvalue weighted by Gasteiger charge is 2.22. The van der Waals surface area contributed by atoms with Crippen LogP contribution >= 0.6 is 11.7 Å². The minimum Gasteiger partial charge on any atom is -0.337 e. The van der Waals surface area contributed by atoms with E-state index in [2.05, 4.69) is 28.8 Å². The molecule has 164 valence electrons. The number of anilines is 3. The lowest BCUT2D eigenvalue weighted by Crippen LogP contribution is -2.16. The molecule has 0 atom stereocenters. The molecule has 0 bridgehead atoms. The van der Waals surface area contributed by atoms with Gasteiger partial charge >= 0.3 is 5.69 Å². The van der Waals surface area contributed by atoms with E-state index >= 15 is 0 Å². The molecule has 0 spiro atoms. The highest BCUT2D eigenvalue weighted by atomic mass is 32.2. The summed E-state index contributed by atoms with van der Waals surface area (Å²) in [6, 6.07) is 17.3. The van der Waals surface area contributed by atoms with Crippen molar-refractivity contribution in [2.45, 2.75) is 4.90 Å². The molecule has 5 rings (SSSR count). The lowest BCUT2D eigenvalue weighted by molar-refractivity contribution is -0.729. The van der Waals surface area contributed by atoms with Crippen molar-refractivity contribution in [3.05, 3.63) is 71.6 Å². The van der Waals surface area contributed by atoms with Gasteiger partial charge in [0.2, 0.25) is 0 Å². The van der Waals surface area contributed by atoms with Crippen LogP contribution in [0.25, 0.3) is 22.1 Å². The van der Waals surface area contributed by atoms with E-state index in [9.17, 15) is 13.3 Å². The van der Waals surface area contributed by atoms with Gasteiger partial charge in [0.25, 0.3) is 14.9 Å². The van der Waals surface area contributed by atoms with Crippen molar-refractivity contribution in [1.29, 1.82) is 0 Å². The molecule has 0 saturated carbocycles. The van der Waals surface area contributed by atoms with Crippen molar-refractivity contribution < 1.29 is 18.5 Å². The number of nitrogens with zero attached hydrogens (tertiary/aromatic N) is 5. The maximum absolute atomic E-state index is 13.0. The van der Waals surface area contributed by atoms with E-state index in [4.69, 9.17) is 5.21 Å². The number of aromatic nitrogens is 4. The van der Waals surface area contributed by atoms with Crippen LogP contribution < -0.4 is 10.0 Å². The summed E-state index contributed by atoms with van der Waals surface area (Å²) in [5.74, 6) is 0.127. The number of rotatable bonds is 6. The third kappa shape index (κ3) is 4.14. The molecule has 0 amide bonds. The first-order chi connectivity index (χ1) is 15.9. The van der Waals surface area contributed by atoms with Crippen LogP contribution in [0.5, 0.6) is 0 Å². The molecule has 0 fully saturated rings. The molecule has 0 aliphatic rings. The second kappa shape index (κ2) is 8.03. The van der Waals surface area contributed by atoms with Crippen LogP contribution in [-0.4, -0.2) is 37.3 Å². The average Bonchev–Trinajstić information content (AvgIpc) is 3.27. The van der Waals surface area contributed by atoms with Gasteiger partial charge in [-0.25, -0.2) is 23.6 Å². The Balaban J connectivity index is 1.57. The van der Waals surface area contributed by atoms with Crippen molar-refractivity contribution in [1.82, 2.24) is 18.7 Å². The monoisotopic (exact) mass is 480 g/mol. The lowest BCUT2D eigenvalue weighted by Gasteiger charge is -2.14. The van der Waals surface area contributed by atoms with Gasteiger partial charge in [-0.15, -0.1) is 0 Å². The van der Waals surface area contributed by atoms with Gasteiger partial charge in [-0.2, -0.15) is 8.75 Å². The summed E-state index contributed by atoms with van der Waals surface area (Å²) >= 11 is 1.09. The average molecular weight is 481 g/mol. The molecule has 2 aromatic heterocycles. The third-order valence-electron chi connectivity index (χ3n) is 4.67. The summed E-state index contributed by atoms with van der Waals surface area (Å²) in [6.45, 7) is 0. The largest absolute Gasteiger partial charge is 0.337 e. The highest BCUT2D eigenvalue weighted by molar-refractivity contribution is 7.92. The zero-order chi connectivity index (χ0) is 23.0. The first kappa shape index (κ1) is 20.7. The van der Waals surface area contributed by atoms with Gasteiger partial charge in [0.1, 0.15) is 11.0 Å². The Morgan fingerprint density at radius 1 is 0.818 bits per heavy atom. The van der Waals surface area contributed by atoms with E-state index in [0.717, 1.165) is 23.3 Å². The van der Waals surface area contributed by atoms with Crippen molar-refractivity contribution in [3.63, 3.8) is 0 Å². The molecular weight excluding hydrogens is 466 g/mol. The van der Waals surface area contributed by atoms with Crippen molar-refractivity contribution in [3.8, 4) is 0 Å². The molecule has 33 heavy (non-hydrogen) atoms. The van der Waals surface area contributed by atoms with E-state index < -0.39 is 14.9 Å². The fourth-order valence-electron chi connectivity index (χ4n) is 3.11. The smallest absolute Gasteiger partial charge is 0.317 e. The fourth-order valence-corrected chi connectivity index (χ4v) is 4.68.